The maximum atomic E-state index is 12.3. The SMILES string of the molecule is O=C(Nc1cccc(Cl)c1)c1cccc2c1OCCO2. The minimum absolute atomic E-state index is 0.255. The summed E-state index contributed by atoms with van der Waals surface area (Å²) in [6, 6.07) is 12.2. The van der Waals surface area contributed by atoms with Crippen LogP contribution in [-0.2, 0) is 0 Å². The molecule has 0 radical (unpaired) electrons. The van der Waals surface area contributed by atoms with Gasteiger partial charge in [-0.3, -0.25) is 4.79 Å². The Hall–Kier alpha value is -2.20. The maximum absolute atomic E-state index is 12.3. The molecule has 1 amide bonds. The minimum Gasteiger partial charge on any atom is -0.486 e. The van der Waals surface area contributed by atoms with Gasteiger partial charge in [-0.1, -0.05) is 23.7 Å². The number of benzene rings is 2. The average molecular weight is 290 g/mol. The van der Waals surface area contributed by atoms with Gasteiger partial charge in [0.15, 0.2) is 11.5 Å². The fourth-order valence-electron chi connectivity index (χ4n) is 2.02. The molecule has 0 unspecified atom stereocenters. The standard InChI is InChI=1S/C15H12ClNO3/c16-10-3-1-4-11(9-10)17-15(18)12-5-2-6-13-14(12)20-8-7-19-13/h1-6,9H,7-8H2,(H,17,18). The van der Waals surface area contributed by atoms with E-state index >= 15 is 0 Å². The van der Waals surface area contributed by atoms with Crippen molar-refractivity contribution in [2.45, 2.75) is 0 Å². The van der Waals surface area contributed by atoms with Crippen LogP contribution in [-0.4, -0.2) is 19.1 Å². The van der Waals surface area contributed by atoms with Crippen LogP contribution in [0.2, 0.25) is 5.02 Å². The van der Waals surface area contributed by atoms with Crippen LogP contribution in [0, 0.1) is 0 Å². The van der Waals surface area contributed by atoms with E-state index in [2.05, 4.69) is 5.32 Å². The van der Waals surface area contributed by atoms with Crippen LogP contribution < -0.4 is 14.8 Å². The second kappa shape index (κ2) is 5.43. The van der Waals surface area contributed by atoms with Gasteiger partial charge in [0.1, 0.15) is 13.2 Å². The van der Waals surface area contributed by atoms with E-state index in [1.165, 1.54) is 0 Å². The first-order valence-electron chi connectivity index (χ1n) is 6.19. The quantitative estimate of drug-likeness (QED) is 0.922. The summed E-state index contributed by atoms with van der Waals surface area (Å²) in [5.41, 5.74) is 1.08. The van der Waals surface area contributed by atoms with Crippen molar-refractivity contribution in [3.05, 3.63) is 53.1 Å². The number of carbonyl (C=O) groups is 1. The van der Waals surface area contributed by atoms with Gasteiger partial charge in [-0.05, 0) is 30.3 Å². The number of hydrogen-bond acceptors (Lipinski definition) is 3. The number of halogens is 1. The van der Waals surface area contributed by atoms with E-state index in [1.54, 1.807) is 42.5 Å². The van der Waals surface area contributed by atoms with Crippen molar-refractivity contribution in [3.8, 4) is 11.5 Å². The van der Waals surface area contributed by atoms with Crippen LogP contribution in [0.4, 0.5) is 5.69 Å². The number of carbonyl (C=O) groups excluding carboxylic acids is 1. The molecule has 0 aliphatic carbocycles. The Morgan fingerprint density at radius 2 is 1.90 bits per heavy atom. The summed E-state index contributed by atoms with van der Waals surface area (Å²) in [6.07, 6.45) is 0. The Balaban J connectivity index is 1.88. The molecule has 0 saturated heterocycles. The average Bonchev–Trinajstić information content (AvgIpc) is 2.46. The zero-order valence-corrected chi connectivity index (χ0v) is 11.3. The Morgan fingerprint density at radius 3 is 2.75 bits per heavy atom. The molecular weight excluding hydrogens is 278 g/mol. The normalized spacial score (nSPS) is 12.8. The van der Waals surface area contributed by atoms with Crippen LogP contribution in [0.15, 0.2) is 42.5 Å². The molecule has 0 spiro atoms. The molecule has 4 nitrogen and oxygen atoms in total. The van der Waals surface area contributed by atoms with Crippen molar-refractivity contribution in [1.29, 1.82) is 0 Å². The first-order chi connectivity index (χ1) is 9.74. The third-order valence-electron chi connectivity index (χ3n) is 2.89. The second-order valence-corrected chi connectivity index (χ2v) is 4.73. The topological polar surface area (TPSA) is 47.6 Å². The van der Waals surface area contributed by atoms with E-state index in [0.29, 0.717) is 41.0 Å². The van der Waals surface area contributed by atoms with Crippen molar-refractivity contribution in [2.24, 2.45) is 0 Å². The number of hydrogen-bond donors (Lipinski definition) is 1. The summed E-state index contributed by atoms with van der Waals surface area (Å²) in [5, 5.41) is 3.36. The molecule has 0 saturated carbocycles. The summed E-state index contributed by atoms with van der Waals surface area (Å²) < 4.78 is 11.0. The highest BCUT2D eigenvalue weighted by Crippen LogP contribution is 2.34. The van der Waals surface area contributed by atoms with Crippen molar-refractivity contribution in [1.82, 2.24) is 0 Å². The van der Waals surface area contributed by atoms with Crippen LogP contribution in [0.5, 0.6) is 11.5 Å². The van der Waals surface area contributed by atoms with E-state index in [1.807, 2.05) is 0 Å². The summed E-state index contributed by atoms with van der Waals surface area (Å²) >= 11 is 5.89. The molecule has 0 fully saturated rings. The van der Waals surface area contributed by atoms with E-state index in [0.717, 1.165) is 0 Å². The number of anilines is 1. The molecule has 5 heteroatoms. The number of amides is 1. The Kier molecular flexibility index (Phi) is 3.48. The summed E-state index contributed by atoms with van der Waals surface area (Å²) in [5.74, 6) is 0.822. The summed E-state index contributed by atoms with van der Waals surface area (Å²) in [7, 11) is 0. The predicted molar refractivity (Wildman–Crippen MR) is 76.8 cm³/mol. The minimum atomic E-state index is -0.255. The predicted octanol–water partition coefficient (Wildman–Crippen LogP) is 3.36. The van der Waals surface area contributed by atoms with Crippen molar-refractivity contribution in [2.75, 3.05) is 18.5 Å². The Morgan fingerprint density at radius 1 is 1.10 bits per heavy atom. The van der Waals surface area contributed by atoms with Gasteiger partial charge >= 0.3 is 0 Å². The van der Waals surface area contributed by atoms with Gasteiger partial charge in [0.2, 0.25) is 0 Å². The van der Waals surface area contributed by atoms with Gasteiger partial charge in [0, 0.05) is 10.7 Å². The fraction of sp³-hybridized carbons (Fsp3) is 0.133. The molecule has 3 rings (SSSR count). The molecule has 0 aromatic heterocycles. The lowest BCUT2D eigenvalue weighted by atomic mass is 10.1. The fourth-order valence-corrected chi connectivity index (χ4v) is 2.21. The van der Waals surface area contributed by atoms with E-state index in [9.17, 15) is 4.79 Å². The van der Waals surface area contributed by atoms with Crippen LogP contribution in [0.3, 0.4) is 0 Å². The van der Waals surface area contributed by atoms with Crippen molar-refractivity contribution < 1.29 is 14.3 Å². The van der Waals surface area contributed by atoms with E-state index < -0.39 is 0 Å². The molecule has 2 aromatic carbocycles. The highest BCUT2D eigenvalue weighted by molar-refractivity contribution is 6.31. The zero-order valence-electron chi connectivity index (χ0n) is 10.6. The van der Waals surface area contributed by atoms with Gasteiger partial charge in [-0.2, -0.15) is 0 Å². The third-order valence-corrected chi connectivity index (χ3v) is 3.13. The van der Waals surface area contributed by atoms with Gasteiger partial charge in [0.25, 0.3) is 5.91 Å². The Bertz CT molecular complexity index is 657. The van der Waals surface area contributed by atoms with E-state index in [4.69, 9.17) is 21.1 Å². The van der Waals surface area contributed by atoms with Gasteiger partial charge in [-0.15, -0.1) is 0 Å². The van der Waals surface area contributed by atoms with Gasteiger partial charge in [0.05, 0.1) is 5.56 Å². The van der Waals surface area contributed by atoms with Crippen molar-refractivity contribution >= 4 is 23.2 Å². The zero-order chi connectivity index (χ0) is 13.9. The highest BCUT2D eigenvalue weighted by atomic mass is 35.5. The lowest BCUT2D eigenvalue weighted by Gasteiger charge is -2.20. The van der Waals surface area contributed by atoms with Crippen molar-refractivity contribution in [3.63, 3.8) is 0 Å². The molecule has 20 heavy (non-hydrogen) atoms. The third kappa shape index (κ3) is 2.56. The molecule has 0 bridgehead atoms. The Labute approximate surface area is 121 Å². The molecule has 102 valence electrons. The largest absolute Gasteiger partial charge is 0.486 e. The summed E-state index contributed by atoms with van der Waals surface area (Å²) in [4.78, 5) is 12.3. The first kappa shape index (κ1) is 12.8. The van der Waals surface area contributed by atoms with Crippen LogP contribution >= 0.6 is 11.6 Å². The lowest BCUT2D eigenvalue weighted by molar-refractivity contribution is 0.101. The smallest absolute Gasteiger partial charge is 0.259 e. The molecule has 1 aliphatic rings. The van der Waals surface area contributed by atoms with Gasteiger partial charge in [-0.25, -0.2) is 0 Å². The second-order valence-electron chi connectivity index (χ2n) is 4.29. The lowest BCUT2D eigenvalue weighted by Crippen LogP contribution is -2.20. The number of rotatable bonds is 2. The number of ether oxygens (including phenoxy) is 2. The molecular formula is C15H12ClNO3. The maximum Gasteiger partial charge on any atom is 0.259 e. The number of para-hydroxylation sites is 1. The molecule has 1 N–H and O–H groups in total. The highest BCUT2D eigenvalue weighted by Gasteiger charge is 2.20. The van der Waals surface area contributed by atoms with Gasteiger partial charge < -0.3 is 14.8 Å². The number of nitrogens with one attached hydrogen (secondary N) is 1. The first-order valence-corrected chi connectivity index (χ1v) is 6.57. The van der Waals surface area contributed by atoms with E-state index in [-0.39, 0.29) is 5.91 Å². The van der Waals surface area contributed by atoms with Crippen LogP contribution in [0.25, 0.3) is 0 Å². The number of fused-ring (bicyclic) bond motifs is 1. The molecule has 1 aliphatic heterocycles. The molecule has 1 heterocycles. The monoisotopic (exact) mass is 289 g/mol. The van der Waals surface area contributed by atoms with Crippen LogP contribution in [0.1, 0.15) is 10.4 Å². The summed E-state index contributed by atoms with van der Waals surface area (Å²) in [6.45, 7) is 0.931. The molecule has 0 atom stereocenters. The molecule has 2 aromatic rings.